The van der Waals surface area contributed by atoms with E-state index in [-0.39, 0.29) is 0 Å². The predicted octanol–water partition coefficient (Wildman–Crippen LogP) is 3.80. The van der Waals surface area contributed by atoms with Crippen LogP contribution < -0.4 is 5.32 Å². The smallest absolute Gasteiger partial charge is 0.163 e. The lowest BCUT2D eigenvalue weighted by molar-refractivity contribution is 1.20. The molecular weight excluding hydrogens is 298 g/mol. The molecule has 3 heterocycles. The molecule has 0 aliphatic rings. The zero-order valence-electron chi connectivity index (χ0n) is 13.1. The normalized spacial score (nSPS) is 10.7. The summed E-state index contributed by atoms with van der Waals surface area (Å²) < 4.78 is 0. The fraction of sp³-hybridized carbons (Fsp3) is 0.0526. The van der Waals surface area contributed by atoms with Crippen LogP contribution in [0.3, 0.4) is 0 Å². The van der Waals surface area contributed by atoms with Gasteiger partial charge in [-0.15, -0.1) is 0 Å². The van der Waals surface area contributed by atoms with Crippen molar-refractivity contribution in [3.05, 3.63) is 67.3 Å². The zero-order valence-corrected chi connectivity index (χ0v) is 13.1. The van der Waals surface area contributed by atoms with Crippen molar-refractivity contribution in [1.29, 1.82) is 0 Å². The van der Waals surface area contributed by atoms with E-state index in [1.807, 2.05) is 43.6 Å². The molecule has 0 aliphatic heterocycles. The second-order valence-electron chi connectivity index (χ2n) is 5.36. The largest absolute Gasteiger partial charge is 0.373 e. The van der Waals surface area contributed by atoms with E-state index in [2.05, 4.69) is 32.4 Å². The third-order valence-corrected chi connectivity index (χ3v) is 3.85. The molecule has 0 aliphatic carbocycles. The first kappa shape index (κ1) is 14.3. The van der Waals surface area contributed by atoms with E-state index in [1.165, 1.54) is 0 Å². The van der Waals surface area contributed by atoms with Crippen molar-refractivity contribution in [3.63, 3.8) is 0 Å². The van der Waals surface area contributed by atoms with Gasteiger partial charge in [-0.2, -0.15) is 0 Å². The van der Waals surface area contributed by atoms with Crippen LogP contribution in [0.1, 0.15) is 0 Å². The third-order valence-electron chi connectivity index (χ3n) is 3.85. The van der Waals surface area contributed by atoms with Gasteiger partial charge in [-0.1, -0.05) is 12.1 Å². The van der Waals surface area contributed by atoms with Crippen molar-refractivity contribution in [3.8, 4) is 22.5 Å². The van der Waals surface area contributed by atoms with Crippen LogP contribution in [0.2, 0.25) is 0 Å². The maximum atomic E-state index is 4.73. The number of pyridine rings is 2. The summed E-state index contributed by atoms with van der Waals surface area (Å²) in [5.41, 5.74) is 3.91. The number of nitrogens with zero attached hydrogens (tertiary/aromatic N) is 4. The number of aromatic nitrogens is 4. The van der Waals surface area contributed by atoms with E-state index in [0.717, 1.165) is 33.4 Å². The summed E-state index contributed by atoms with van der Waals surface area (Å²) in [7, 11) is 1.86. The third kappa shape index (κ3) is 2.56. The second kappa shape index (κ2) is 6.04. The van der Waals surface area contributed by atoms with E-state index < -0.39 is 0 Å². The molecule has 1 N–H and O–H groups in total. The molecule has 0 atom stereocenters. The lowest BCUT2D eigenvalue weighted by Gasteiger charge is -2.09. The fourth-order valence-electron chi connectivity index (χ4n) is 2.66. The number of rotatable bonds is 3. The zero-order chi connectivity index (χ0) is 16.4. The summed E-state index contributed by atoms with van der Waals surface area (Å²) in [6.07, 6.45) is 7.13. The van der Waals surface area contributed by atoms with Crippen LogP contribution in [0, 0.1) is 0 Å². The topological polar surface area (TPSA) is 63.6 Å². The average molecular weight is 313 g/mol. The van der Waals surface area contributed by atoms with Crippen LogP contribution in [0.25, 0.3) is 33.4 Å². The molecule has 0 spiro atoms. The van der Waals surface area contributed by atoms with E-state index in [1.54, 1.807) is 18.6 Å². The standard InChI is InChI=1S/C19H15N5/c1-20-19-16-7-6-13(14-4-2-8-21-11-14)10-17(16)23-18(24-19)15-5-3-9-22-12-15/h2-12H,1H3,(H,20,23,24). The summed E-state index contributed by atoms with van der Waals surface area (Å²) in [5, 5.41) is 4.14. The number of fused-ring (bicyclic) bond motifs is 1. The Hall–Kier alpha value is -3.34. The Kier molecular flexibility index (Phi) is 3.59. The van der Waals surface area contributed by atoms with Crippen LogP contribution in [-0.4, -0.2) is 27.0 Å². The quantitative estimate of drug-likeness (QED) is 0.623. The monoisotopic (exact) mass is 313 g/mol. The van der Waals surface area contributed by atoms with Gasteiger partial charge in [0.2, 0.25) is 0 Å². The van der Waals surface area contributed by atoms with Gasteiger partial charge in [0.15, 0.2) is 5.82 Å². The van der Waals surface area contributed by atoms with Gasteiger partial charge in [0.05, 0.1) is 5.52 Å². The Morgan fingerprint density at radius 2 is 1.54 bits per heavy atom. The van der Waals surface area contributed by atoms with Gasteiger partial charge < -0.3 is 5.32 Å². The van der Waals surface area contributed by atoms with E-state index >= 15 is 0 Å². The highest BCUT2D eigenvalue weighted by molar-refractivity contribution is 5.93. The van der Waals surface area contributed by atoms with Gasteiger partial charge >= 0.3 is 0 Å². The highest BCUT2D eigenvalue weighted by Crippen LogP contribution is 2.28. The second-order valence-corrected chi connectivity index (χ2v) is 5.36. The Balaban J connectivity index is 1.92. The van der Waals surface area contributed by atoms with E-state index in [4.69, 9.17) is 4.98 Å². The minimum absolute atomic E-state index is 0.656. The summed E-state index contributed by atoms with van der Waals surface area (Å²) in [5.74, 6) is 1.46. The van der Waals surface area contributed by atoms with Crippen LogP contribution >= 0.6 is 0 Å². The Labute approximate surface area is 139 Å². The lowest BCUT2D eigenvalue weighted by Crippen LogP contribution is -1.99. The summed E-state index contributed by atoms with van der Waals surface area (Å²) in [6.45, 7) is 0. The Morgan fingerprint density at radius 1 is 0.792 bits per heavy atom. The molecule has 0 saturated heterocycles. The summed E-state index contributed by atoms with van der Waals surface area (Å²) in [4.78, 5) is 17.7. The number of nitrogens with one attached hydrogen (secondary N) is 1. The van der Waals surface area contributed by atoms with Crippen molar-refractivity contribution in [2.24, 2.45) is 0 Å². The molecule has 0 fully saturated rings. The van der Waals surface area contributed by atoms with Gasteiger partial charge in [0, 0.05) is 48.3 Å². The molecule has 1 aromatic carbocycles. The van der Waals surface area contributed by atoms with Crippen LogP contribution in [-0.2, 0) is 0 Å². The van der Waals surface area contributed by atoms with Crippen molar-refractivity contribution in [2.75, 3.05) is 12.4 Å². The highest BCUT2D eigenvalue weighted by atomic mass is 15.0. The molecule has 116 valence electrons. The first-order chi connectivity index (χ1) is 11.8. The number of hydrogen-bond donors (Lipinski definition) is 1. The van der Waals surface area contributed by atoms with Gasteiger partial charge in [-0.3, -0.25) is 9.97 Å². The molecule has 5 heteroatoms. The number of hydrogen-bond acceptors (Lipinski definition) is 5. The minimum atomic E-state index is 0.656. The van der Waals surface area contributed by atoms with Crippen molar-refractivity contribution >= 4 is 16.7 Å². The van der Waals surface area contributed by atoms with Gasteiger partial charge in [-0.25, -0.2) is 9.97 Å². The Bertz CT molecular complexity index is 979. The van der Waals surface area contributed by atoms with Crippen LogP contribution in [0.5, 0.6) is 0 Å². The first-order valence-corrected chi connectivity index (χ1v) is 7.65. The van der Waals surface area contributed by atoms with Gasteiger partial charge in [-0.05, 0) is 35.9 Å². The fourth-order valence-corrected chi connectivity index (χ4v) is 2.66. The highest BCUT2D eigenvalue weighted by Gasteiger charge is 2.10. The maximum absolute atomic E-state index is 4.73. The first-order valence-electron chi connectivity index (χ1n) is 7.65. The number of anilines is 1. The molecule has 0 radical (unpaired) electrons. The summed E-state index contributed by atoms with van der Waals surface area (Å²) in [6, 6.07) is 14.0. The molecule has 0 saturated carbocycles. The average Bonchev–Trinajstić information content (AvgIpc) is 2.68. The van der Waals surface area contributed by atoms with Crippen molar-refractivity contribution in [1.82, 2.24) is 19.9 Å². The SMILES string of the molecule is CNc1nc(-c2cccnc2)nc2cc(-c3cccnc3)ccc12. The van der Waals surface area contributed by atoms with Crippen LogP contribution in [0.15, 0.2) is 67.3 Å². The molecule has 0 amide bonds. The van der Waals surface area contributed by atoms with Crippen molar-refractivity contribution in [2.45, 2.75) is 0 Å². The molecular formula is C19H15N5. The Morgan fingerprint density at radius 3 is 2.21 bits per heavy atom. The molecule has 4 rings (SSSR count). The molecule has 24 heavy (non-hydrogen) atoms. The molecule has 3 aromatic heterocycles. The minimum Gasteiger partial charge on any atom is -0.373 e. The van der Waals surface area contributed by atoms with Crippen LogP contribution in [0.4, 0.5) is 5.82 Å². The lowest BCUT2D eigenvalue weighted by atomic mass is 10.1. The van der Waals surface area contributed by atoms with E-state index in [9.17, 15) is 0 Å². The molecule has 0 bridgehead atoms. The van der Waals surface area contributed by atoms with Gasteiger partial charge in [0.25, 0.3) is 0 Å². The molecule has 5 nitrogen and oxygen atoms in total. The number of benzene rings is 1. The van der Waals surface area contributed by atoms with Crippen molar-refractivity contribution < 1.29 is 0 Å². The van der Waals surface area contributed by atoms with E-state index in [0.29, 0.717) is 5.82 Å². The molecule has 4 aromatic rings. The molecule has 0 unspecified atom stereocenters. The van der Waals surface area contributed by atoms with Gasteiger partial charge in [0.1, 0.15) is 5.82 Å². The predicted molar refractivity (Wildman–Crippen MR) is 95.5 cm³/mol. The summed E-state index contributed by atoms with van der Waals surface area (Å²) >= 11 is 0. The maximum Gasteiger partial charge on any atom is 0.163 e.